The molecule has 1 saturated heterocycles. The molecule has 3 aromatic heterocycles. The van der Waals surface area contributed by atoms with Crippen molar-refractivity contribution in [3.8, 4) is 11.3 Å². The molecule has 0 aliphatic carbocycles. The smallest absolute Gasteiger partial charge is 0.444 e. The molecule has 118 heavy (non-hydrogen) atoms. The fourth-order valence-electron chi connectivity index (χ4n) is 6.74. The van der Waals surface area contributed by atoms with Crippen LogP contribution in [0.1, 0.15) is 41.5 Å². The number of benzene rings is 2. The average Bonchev–Trinajstić information content (AvgIpc) is 1.32. The average molecular weight is 1890 g/mol. The number of nitrogen functional groups attached to an aromatic ring is 3. The van der Waals surface area contributed by atoms with E-state index in [4.69, 9.17) is 144 Å². The number of aromatic nitrogens is 9. The molecular formula is C61H94BCl8F15N22O11. The van der Waals surface area contributed by atoms with Crippen LogP contribution in [0.15, 0.2) is 36.4 Å². The maximum Gasteiger partial charge on any atom is 0.490 e. The minimum Gasteiger partial charge on any atom is -0.444 e. The number of carbonyl (C=O) groups excluding carboxylic acids is 2. The summed E-state index contributed by atoms with van der Waals surface area (Å²) >= 11 is 39.6. The standard InChI is InChI=1S/C15H17Cl2F3N6O.C11H21F3N2O3.C9H14ClF3N6O.C8H18N2O2.C6H5BCl2O2.C6H13F3N2O.C3H2Cl2N4.C3H3F3O.ClH/c1-26(6-5-22-7-10(27)15(18,19)20)14-23-13(21)12(24-25-14)8-3-2-4-9(16)11(8)17;1-10(2,3)19-9(18)16(4)6-5-15-7-8(17)11(12,13)14;1-19(8-16-7(14)6(10)17-18-8)3-2-15-4-5(20)9(11,12)13;1-8(2,3)12-7(11)10(4)6-5-9;8-5-3-1-2-4(6(5)9)7(10)11;1-10-2-3-11-4-5(12)6(7,8)9;4-1-2(6)7-3(5)9-8-1;4-3(5,6)2-1-7-2;/h2-4,10,22,27H,5-7H2,1H3,(H2,21,23,25);8,15,17H,5-7H2,1-4H3;5,15,20H,2-4H2,1H3,(H2,14,16,18);5-6,9H2,1-4H3;1-3,10-11H;5,10-12H,2-4H2,1H3;(H2,6,7,9);2H,1H2;1H/t10-;8-;5-;;;5-;;2-;/m000..0.0./s1. The summed E-state index contributed by atoms with van der Waals surface area (Å²) in [7, 11) is 6.52. The number of nitrogens with zero attached hydrogens (tertiary/aromatic N) is 13. The Morgan fingerprint density at radius 1 is 0.525 bits per heavy atom. The summed E-state index contributed by atoms with van der Waals surface area (Å²) in [6, 6.07) is 9.66. The van der Waals surface area contributed by atoms with Crippen LogP contribution < -0.4 is 64.8 Å². The molecule has 0 saturated carbocycles. The lowest BCUT2D eigenvalue weighted by molar-refractivity contribution is -0.202. The van der Waals surface area contributed by atoms with E-state index < -0.39 is 112 Å². The Morgan fingerprint density at radius 3 is 1.20 bits per heavy atom. The number of anilines is 5. The van der Waals surface area contributed by atoms with Crippen LogP contribution >= 0.6 is 93.6 Å². The molecule has 5 aromatic rings. The van der Waals surface area contributed by atoms with Gasteiger partial charge < -0.3 is 114 Å². The van der Waals surface area contributed by atoms with Gasteiger partial charge in [0.1, 0.15) is 16.9 Å². The fourth-order valence-corrected chi connectivity index (χ4v) is 7.82. The number of aliphatic hydroxyl groups excluding tert-OH is 4. The van der Waals surface area contributed by atoms with Crippen molar-refractivity contribution in [2.45, 2.75) is 114 Å². The highest BCUT2D eigenvalue weighted by Gasteiger charge is 2.49. The molecule has 4 heterocycles. The molecule has 33 nitrogen and oxygen atoms in total. The number of nitrogens with two attached hydrogens (primary N) is 4. The molecule has 0 spiro atoms. The summed E-state index contributed by atoms with van der Waals surface area (Å²) in [5, 5.41) is 88.1. The van der Waals surface area contributed by atoms with E-state index in [1.165, 1.54) is 27.8 Å². The van der Waals surface area contributed by atoms with E-state index >= 15 is 0 Å². The third kappa shape index (κ3) is 52.2. The molecule has 19 N–H and O–H groups in total. The predicted molar refractivity (Wildman–Crippen MR) is 420 cm³/mol. The van der Waals surface area contributed by atoms with Gasteiger partial charge in [-0.3, -0.25) is 0 Å². The first-order valence-corrected chi connectivity index (χ1v) is 36.1. The van der Waals surface area contributed by atoms with E-state index in [1.807, 2.05) is 20.8 Å². The molecule has 57 heteroatoms. The number of halogens is 23. The maximum absolute atomic E-state index is 12.2. The summed E-state index contributed by atoms with van der Waals surface area (Å²) in [5.74, 6) is 0.578. The number of nitrogens with one attached hydrogen (secondary N) is 5. The first-order valence-electron chi connectivity index (χ1n) is 33.4. The topological polar surface area (TPSA) is 480 Å². The number of alkyl halides is 15. The van der Waals surface area contributed by atoms with Crippen LogP contribution in [0.25, 0.3) is 11.3 Å². The van der Waals surface area contributed by atoms with Crippen LogP contribution in [-0.4, -0.2) is 311 Å². The molecule has 2 aromatic carbocycles. The van der Waals surface area contributed by atoms with Gasteiger partial charge in [-0.2, -0.15) is 80.8 Å². The summed E-state index contributed by atoms with van der Waals surface area (Å²) in [4.78, 5) is 40.0. The molecule has 1 fully saturated rings. The maximum atomic E-state index is 12.2. The van der Waals surface area contributed by atoms with Gasteiger partial charge in [0.05, 0.1) is 26.7 Å². The van der Waals surface area contributed by atoms with E-state index in [2.05, 4.69) is 76.9 Å². The van der Waals surface area contributed by atoms with Crippen molar-refractivity contribution in [2.75, 3.05) is 160 Å². The third-order valence-corrected chi connectivity index (χ3v) is 15.4. The lowest BCUT2D eigenvalue weighted by Crippen LogP contribution is -2.42. The number of hydrogen-bond acceptors (Lipinski definition) is 31. The van der Waals surface area contributed by atoms with Crippen molar-refractivity contribution in [3.63, 3.8) is 0 Å². The molecule has 0 radical (unpaired) electrons. The van der Waals surface area contributed by atoms with Crippen molar-refractivity contribution in [3.05, 3.63) is 72.1 Å². The second-order valence-corrected chi connectivity index (χ2v) is 28.1. The van der Waals surface area contributed by atoms with Crippen LogP contribution in [0.4, 0.5) is 105 Å². The number of epoxide rings is 1. The van der Waals surface area contributed by atoms with Crippen molar-refractivity contribution in [1.82, 2.24) is 81.9 Å². The number of carbonyl (C=O) groups is 2. The van der Waals surface area contributed by atoms with Crippen LogP contribution in [0.2, 0.25) is 35.7 Å². The molecule has 2 amide bonds. The zero-order chi connectivity index (χ0) is 91.0. The highest BCUT2D eigenvalue weighted by atomic mass is 35.5. The summed E-state index contributed by atoms with van der Waals surface area (Å²) in [6.07, 6.45) is -34.4. The molecule has 1 aliphatic heterocycles. The summed E-state index contributed by atoms with van der Waals surface area (Å²) < 4.78 is 191. The minimum absolute atomic E-state index is 0. The van der Waals surface area contributed by atoms with Gasteiger partial charge in [-0.1, -0.05) is 93.9 Å². The summed E-state index contributed by atoms with van der Waals surface area (Å²) in [6.45, 7) is 11.4. The number of likely N-dealkylation sites (N-methyl/N-ethyl adjacent to an activating group) is 5. The number of ether oxygens (including phenoxy) is 3. The SMILES string of the molecule is CN(CCN)C(=O)OC(C)(C)C.CN(CCNC[C@H](O)C(F)(F)F)C(=O)OC(C)(C)C.CN(CCNC[C@H](O)C(F)(F)F)c1nnc(-c2cccc(Cl)c2Cl)c(N)n1.CN(CCNC[C@H](O)C(F)(F)F)c1nnc(Cl)c(N)n1.CNCCNC[C@H](O)C(F)(F)F.Cl.FC(F)(F)[C@@H]1CO1.Nc1nc(Cl)nnc1Cl.OB(O)c1cccc(Cl)c1Cl. The molecule has 1 aliphatic rings. The first-order chi connectivity index (χ1) is 53.5. The largest absolute Gasteiger partial charge is 0.490 e. The van der Waals surface area contributed by atoms with Crippen molar-refractivity contribution in [2.24, 2.45) is 5.73 Å². The Labute approximate surface area is 709 Å². The van der Waals surface area contributed by atoms with Crippen molar-refractivity contribution in [1.29, 1.82) is 0 Å². The lowest BCUT2D eigenvalue weighted by Gasteiger charge is -2.25. The number of amides is 2. The Hall–Kier alpha value is -6.18. The summed E-state index contributed by atoms with van der Waals surface area (Å²) in [5.41, 5.74) is 21.8. The molecular weight excluding hydrogens is 1800 g/mol. The van der Waals surface area contributed by atoms with Crippen LogP contribution in [0.5, 0.6) is 0 Å². The van der Waals surface area contributed by atoms with E-state index in [1.54, 1.807) is 84.2 Å². The van der Waals surface area contributed by atoms with Crippen molar-refractivity contribution < 1.29 is 120 Å². The lowest BCUT2D eigenvalue weighted by atomic mass is 9.80. The van der Waals surface area contributed by atoms with Crippen LogP contribution in [0.3, 0.4) is 0 Å². The fraction of sp³-hybridized carbons (Fsp3) is 0.623. The Morgan fingerprint density at radius 2 is 0.881 bits per heavy atom. The minimum atomic E-state index is -4.65. The Bertz CT molecular complexity index is 3680. The molecule has 0 unspecified atom stereocenters. The highest BCUT2D eigenvalue weighted by molar-refractivity contribution is 6.64. The second-order valence-electron chi connectivity index (χ2n) is 25.5. The van der Waals surface area contributed by atoms with Crippen molar-refractivity contribution >= 4 is 148 Å². The number of hydrogen-bond donors (Lipinski definition) is 15. The van der Waals surface area contributed by atoms with Gasteiger partial charge in [0.25, 0.3) is 0 Å². The normalized spacial score (nSPS) is 13.5. The van der Waals surface area contributed by atoms with Crippen LogP contribution in [0, 0.1) is 0 Å². The van der Waals surface area contributed by atoms with Gasteiger partial charge >= 0.3 is 50.2 Å². The third-order valence-electron chi connectivity index (χ3n) is 13.0. The predicted octanol–water partition coefficient (Wildman–Crippen LogP) is 7.13. The van der Waals surface area contributed by atoms with E-state index in [9.17, 15) is 75.4 Å². The van der Waals surface area contributed by atoms with E-state index in [0.29, 0.717) is 48.3 Å². The highest BCUT2D eigenvalue weighted by Crippen LogP contribution is 2.35. The second kappa shape index (κ2) is 55.8. The van der Waals surface area contributed by atoms with E-state index in [-0.39, 0.29) is 124 Å². The molecule has 678 valence electrons. The van der Waals surface area contributed by atoms with Gasteiger partial charge in [0.2, 0.25) is 17.2 Å². The van der Waals surface area contributed by atoms with Crippen LogP contribution in [-0.2, 0) is 14.2 Å². The Kier molecular flexibility index (Phi) is 54.8. The quantitative estimate of drug-likeness (QED) is 0.0113. The number of aliphatic hydroxyl groups is 4. The van der Waals surface area contributed by atoms with Gasteiger partial charge in [-0.05, 0) is 72.3 Å². The molecule has 0 bridgehead atoms. The monoisotopic (exact) mass is 1890 g/mol. The van der Waals surface area contributed by atoms with Gasteiger partial charge in [0.15, 0.2) is 58.3 Å². The zero-order valence-corrected chi connectivity index (χ0v) is 70.7. The Balaban J connectivity index is -0.00000132. The van der Waals surface area contributed by atoms with Gasteiger partial charge in [-0.15, -0.1) is 43.0 Å². The molecule has 5 atom stereocenters. The molecule has 6 rings (SSSR count). The first kappa shape index (κ1) is 116. The van der Waals surface area contributed by atoms with E-state index in [0.717, 1.165) is 0 Å². The van der Waals surface area contributed by atoms with Gasteiger partial charge in [0, 0.05) is 131 Å². The number of rotatable bonds is 26. The zero-order valence-electron chi connectivity index (χ0n) is 64.6. The van der Waals surface area contributed by atoms with Gasteiger partial charge in [-0.25, -0.2) is 9.59 Å².